The Hall–Kier alpha value is -3.28. The van der Waals surface area contributed by atoms with Gasteiger partial charge in [-0.25, -0.2) is 9.78 Å². The molecule has 0 fully saturated rings. The van der Waals surface area contributed by atoms with Crippen LogP contribution in [-0.4, -0.2) is 31.4 Å². The average Bonchev–Trinajstić information content (AvgIpc) is 2.48. The van der Waals surface area contributed by atoms with Crippen molar-refractivity contribution < 1.29 is 25.2 Å². The first-order valence-electron chi connectivity index (χ1n) is 6.35. The lowest BCUT2D eigenvalue weighted by Gasteiger charge is -2.08. The third-order valence-electron chi connectivity index (χ3n) is 3.30. The van der Waals surface area contributed by atoms with Crippen LogP contribution < -0.4 is 0 Å². The van der Waals surface area contributed by atoms with Gasteiger partial charge in [0.1, 0.15) is 5.75 Å². The first-order valence-corrected chi connectivity index (χ1v) is 6.35. The minimum atomic E-state index is -1.12. The maximum Gasteiger partial charge on any atom is 0.336 e. The Labute approximate surface area is 124 Å². The van der Waals surface area contributed by atoms with Gasteiger partial charge in [-0.05, 0) is 36.4 Å². The van der Waals surface area contributed by atoms with E-state index in [1.54, 1.807) is 0 Å². The number of hydrogen-bond donors (Lipinski definition) is 4. The molecule has 0 saturated carbocycles. The number of rotatable bonds is 2. The molecule has 0 amide bonds. The standard InChI is InChI=1S/C16H11NO5/c18-9-2-3-10-11(16(21)22)7-12(17-13(10)6-9)8-1-4-14(19)15(20)5-8/h1-7,18-20H,(H,21,22). The number of carboxylic acids is 1. The molecular formula is C16H11NO5. The van der Waals surface area contributed by atoms with Gasteiger partial charge < -0.3 is 20.4 Å². The molecule has 1 heterocycles. The van der Waals surface area contributed by atoms with Crippen molar-refractivity contribution in [3.63, 3.8) is 0 Å². The van der Waals surface area contributed by atoms with Gasteiger partial charge in [0, 0.05) is 17.0 Å². The fraction of sp³-hybridized carbons (Fsp3) is 0. The fourth-order valence-corrected chi connectivity index (χ4v) is 2.22. The van der Waals surface area contributed by atoms with Crippen molar-refractivity contribution in [3.8, 4) is 28.5 Å². The minimum Gasteiger partial charge on any atom is -0.508 e. The van der Waals surface area contributed by atoms with E-state index in [2.05, 4.69) is 4.98 Å². The van der Waals surface area contributed by atoms with Gasteiger partial charge in [0.05, 0.1) is 16.8 Å². The van der Waals surface area contributed by atoms with Crippen molar-refractivity contribution in [2.24, 2.45) is 0 Å². The van der Waals surface area contributed by atoms with E-state index < -0.39 is 5.97 Å². The molecule has 0 aliphatic heterocycles. The van der Waals surface area contributed by atoms with Crippen LogP contribution >= 0.6 is 0 Å². The summed E-state index contributed by atoms with van der Waals surface area (Å²) in [6.07, 6.45) is 0. The number of benzene rings is 2. The number of aromatic carboxylic acids is 1. The van der Waals surface area contributed by atoms with Crippen molar-refractivity contribution in [1.29, 1.82) is 0 Å². The van der Waals surface area contributed by atoms with Crippen LogP contribution in [0, 0.1) is 0 Å². The van der Waals surface area contributed by atoms with Crippen molar-refractivity contribution in [2.75, 3.05) is 0 Å². The normalized spacial score (nSPS) is 10.7. The molecule has 0 unspecified atom stereocenters. The van der Waals surface area contributed by atoms with E-state index in [0.29, 0.717) is 22.2 Å². The van der Waals surface area contributed by atoms with Crippen LogP contribution in [0.3, 0.4) is 0 Å². The molecule has 1 aromatic heterocycles. The zero-order chi connectivity index (χ0) is 15.9. The second kappa shape index (κ2) is 4.92. The van der Waals surface area contributed by atoms with Gasteiger partial charge in [-0.3, -0.25) is 0 Å². The monoisotopic (exact) mass is 297 g/mol. The maximum absolute atomic E-state index is 11.4. The topological polar surface area (TPSA) is 111 Å². The third kappa shape index (κ3) is 2.26. The van der Waals surface area contributed by atoms with Crippen LogP contribution in [0.25, 0.3) is 22.2 Å². The number of carboxylic acid groups (broad SMARTS) is 1. The Kier molecular flexibility index (Phi) is 3.06. The Bertz CT molecular complexity index is 904. The Morgan fingerprint density at radius 3 is 2.36 bits per heavy atom. The molecule has 0 atom stereocenters. The molecule has 0 aliphatic carbocycles. The summed E-state index contributed by atoms with van der Waals surface area (Å²) in [6, 6.07) is 9.72. The summed E-state index contributed by atoms with van der Waals surface area (Å²) in [6.45, 7) is 0. The SMILES string of the molecule is O=C(O)c1cc(-c2ccc(O)c(O)c2)nc2cc(O)ccc12. The molecule has 4 N–H and O–H groups in total. The van der Waals surface area contributed by atoms with Gasteiger partial charge in [-0.1, -0.05) is 0 Å². The molecular weight excluding hydrogens is 286 g/mol. The van der Waals surface area contributed by atoms with Crippen LogP contribution in [0.1, 0.15) is 10.4 Å². The molecule has 3 rings (SSSR count). The van der Waals surface area contributed by atoms with Crippen molar-refractivity contribution in [3.05, 3.63) is 48.0 Å². The first kappa shape index (κ1) is 13.7. The summed E-state index contributed by atoms with van der Waals surface area (Å²) in [7, 11) is 0. The summed E-state index contributed by atoms with van der Waals surface area (Å²) >= 11 is 0. The van der Waals surface area contributed by atoms with Gasteiger partial charge in [0.2, 0.25) is 0 Å². The third-order valence-corrected chi connectivity index (χ3v) is 3.30. The van der Waals surface area contributed by atoms with E-state index >= 15 is 0 Å². The highest BCUT2D eigenvalue weighted by Crippen LogP contribution is 2.32. The zero-order valence-electron chi connectivity index (χ0n) is 11.2. The summed E-state index contributed by atoms with van der Waals surface area (Å²) in [5.41, 5.74) is 1.11. The molecule has 0 aliphatic rings. The number of carbonyl (C=O) groups is 1. The Balaban J connectivity index is 2.30. The number of pyridine rings is 1. The summed E-state index contributed by atoms with van der Waals surface area (Å²) < 4.78 is 0. The summed E-state index contributed by atoms with van der Waals surface area (Å²) in [4.78, 5) is 15.7. The summed E-state index contributed by atoms with van der Waals surface area (Å²) in [5, 5.41) is 38.2. The molecule has 0 saturated heterocycles. The van der Waals surface area contributed by atoms with E-state index in [1.807, 2.05) is 0 Å². The van der Waals surface area contributed by atoms with Crippen LogP contribution in [0.15, 0.2) is 42.5 Å². The number of nitrogens with zero attached hydrogens (tertiary/aromatic N) is 1. The van der Waals surface area contributed by atoms with Crippen LogP contribution in [0.5, 0.6) is 17.2 Å². The number of fused-ring (bicyclic) bond motifs is 1. The van der Waals surface area contributed by atoms with Crippen LogP contribution in [0.2, 0.25) is 0 Å². The molecule has 22 heavy (non-hydrogen) atoms. The first-order chi connectivity index (χ1) is 10.5. The van der Waals surface area contributed by atoms with Gasteiger partial charge in [-0.15, -0.1) is 0 Å². The van der Waals surface area contributed by atoms with Gasteiger partial charge in [0.15, 0.2) is 11.5 Å². The lowest BCUT2D eigenvalue weighted by Crippen LogP contribution is -2.00. The number of phenolic OH excluding ortho intramolecular Hbond substituents is 3. The maximum atomic E-state index is 11.4. The second-order valence-electron chi connectivity index (χ2n) is 4.77. The zero-order valence-corrected chi connectivity index (χ0v) is 11.2. The number of aromatic hydroxyl groups is 3. The smallest absolute Gasteiger partial charge is 0.336 e. The average molecular weight is 297 g/mol. The van der Waals surface area contributed by atoms with Crippen LogP contribution in [0.4, 0.5) is 0 Å². The van der Waals surface area contributed by atoms with Crippen LogP contribution in [-0.2, 0) is 0 Å². The highest BCUT2D eigenvalue weighted by molar-refractivity contribution is 6.04. The number of hydrogen-bond acceptors (Lipinski definition) is 5. The predicted octanol–water partition coefficient (Wildman–Crippen LogP) is 2.72. The lowest BCUT2D eigenvalue weighted by molar-refractivity contribution is 0.0699. The van der Waals surface area contributed by atoms with Gasteiger partial charge >= 0.3 is 5.97 Å². The second-order valence-corrected chi connectivity index (χ2v) is 4.77. The molecule has 0 bridgehead atoms. The molecule has 0 spiro atoms. The van der Waals surface area contributed by atoms with Gasteiger partial charge in [0.25, 0.3) is 0 Å². The molecule has 2 aromatic carbocycles. The van der Waals surface area contributed by atoms with Crippen molar-refractivity contribution in [2.45, 2.75) is 0 Å². The van der Waals surface area contributed by atoms with E-state index in [9.17, 15) is 25.2 Å². The summed E-state index contributed by atoms with van der Waals surface area (Å²) in [5.74, 6) is -1.75. The number of aromatic nitrogens is 1. The van der Waals surface area contributed by atoms with Crippen molar-refractivity contribution in [1.82, 2.24) is 4.98 Å². The fourth-order valence-electron chi connectivity index (χ4n) is 2.22. The highest BCUT2D eigenvalue weighted by atomic mass is 16.4. The highest BCUT2D eigenvalue weighted by Gasteiger charge is 2.14. The van der Waals surface area contributed by atoms with Crippen molar-refractivity contribution >= 4 is 16.9 Å². The molecule has 3 aromatic rings. The minimum absolute atomic E-state index is 0.0259. The quantitative estimate of drug-likeness (QED) is 0.541. The molecule has 110 valence electrons. The van der Waals surface area contributed by atoms with Gasteiger partial charge in [-0.2, -0.15) is 0 Å². The van der Waals surface area contributed by atoms with E-state index in [0.717, 1.165) is 0 Å². The Morgan fingerprint density at radius 2 is 1.68 bits per heavy atom. The number of phenols is 3. The van der Waals surface area contributed by atoms with E-state index in [1.165, 1.54) is 42.5 Å². The molecule has 6 nitrogen and oxygen atoms in total. The molecule has 6 heteroatoms. The lowest BCUT2D eigenvalue weighted by atomic mass is 10.0. The predicted molar refractivity (Wildman–Crippen MR) is 79.1 cm³/mol. The van der Waals surface area contributed by atoms with E-state index in [4.69, 9.17) is 0 Å². The largest absolute Gasteiger partial charge is 0.508 e. The van der Waals surface area contributed by atoms with E-state index in [-0.39, 0.29) is 22.8 Å². The molecule has 0 radical (unpaired) electrons. The Morgan fingerprint density at radius 1 is 0.909 bits per heavy atom.